The van der Waals surface area contributed by atoms with E-state index in [0.29, 0.717) is 17.7 Å². The van der Waals surface area contributed by atoms with Gasteiger partial charge in [-0.2, -0.15) is 5.10 Å². The molecular formula is C19H29N5OS. The molecular weight excluding hydrogens is 346 g/mol. The fourth-order valence-electron chi connectivity index (χ4n) is 3.48. The third kappa shape index (κ3) is 4.31. The Hall–Kier alpha value is -1.76. The van der Waals surface area contributed by atoms with Gasteiger partial charge in [0, 0.05) is 18.3 Å². The van der Waals surface area contributed by atoms with Crippen LogP contribution >= 0.6 is 11.8 Å². The summed E-state index contributed by atoms with van der Waals surface area (Å²) in [6.07, 6.45) is 6.54. The molecule has 1 fully saturated rings. The fourth-order valence-corrected chi connectivity index (χ4v) is 4.38. The van der Waals surface area contributed by atoms with Crippen molar-refractivity contribution in [3.8, 4) is 0 Å². The van der Waals surface area contributed by atoms with Gasteiger partial charge in [-0.25, -0.2) is 9.67 Å². The van der Waals surface area contributed by atoms with Crippen LogP contribution in [0.3, 0.4) is 0 Å². The summed E-state index contributed by atoms with van der Waals surface area (Å²) in [4.78, 5) is 17.1. The first-order valence-corrected chi connectivity index (χ1v) is 10.4. The molecule has 7 heteroatoms. The second kappa shape index (κ2) is 8.29. The van der Waals surface area contributed by atoms with E-state index in [1.165, 1.54) is 30.3 Å². The van der Waals surface area contributed by atoms with Crippen LogP contribution in [0, 0.1) is 19.8 Å². The Balaban J connectivity index is 1.62. The van der Waals surface area contributed by atoms with E-state index in [1.807, 2.05) is 17.7 Å². The van der Waals surface area contributed by atoms with Gasteiger partial charge in [0.2, 0.25) is 5.91 Å². The molecule has 1 aliphatic carbocycles. The van der Waals surface area contributed by atoms with Gasteiger partial charge in [0.15, 0.2) is 5.16 Å². The fraction of sp³-hybridized carbons (Fsp3) is 0.632. The highest BCUT2D eigenvalue weighted by Crippen LogP contribution is 2.31. The normalized spacial score (nSPS) is 15.1. The molecule has 0 saturated heterocycles. The van der Waals surface area contributed by atoms with Crippen molar-refractivity contribution in [3.63, 3.8) is 0 Å². The predicted octanol–water partition coefficient (Wildman–Crippen LogP) is 4.20. The minimum Gasteiger partial charge on any atom is -0.323 e. The first kappa shape index (κ1) is 19.0. The lowest BCUT2D eigenvalue weighted by molar-refractivity contribution is -0.113. The first-order valence-electron chi connectivity index (χ1n) is 9.45. The van der Waals surface area contributed by atoms with Gasteiger partial charge in [0.05, 0.1) is 23.7 Å². The molecule has 1 amide bonds. The second-order valence-electron chi connectivity index (χ2n) is 7.51. The summed E-state index contributed by atoms with van der Waals surface area (Å²) in [6, 6.07) is 2.30. The molecule has 142 valence electrons. The number of amides is 1. The molecule has 0 aromatic carbocycles. The van der Waals surface area contributed by atoms with Gasteiger partial charge in [0.25, 0.3) is 0 Å². The number of rotatable bonds is 7. The Labute approximate surface area is 159 Å². The summed E-state index contributed by atoms with van der Waals surface area (Å²) in [7, 11) is 0. The summed E-state index contributed by atoms with van der Waals surface area (Å²) in [5.41, 5.74) is 2.22. The van der Waals surface area contributed by atoms with E-state index in [4.69, 9.17) is 0 Å². The van der Waals surface area contributed by atoms with Crippen molar-refractivity contribution >= 4 is 23.5 Å². The molecule has 3 rings (SSSR count). The molecule has 0 atom stereocenters. The maximum atomic E-state index is 12.5. The molecule has 0 spiro atoms. The molecule has 0 unspecified atom stereocenters. The van der Waals surface area contributed by atoms with Crippen LogP contribution in [-0.2, 0) is 11.3 Å². The maximum Gasteiger partial charge on any atom is 0.235 e. The number of carbonyl (C=O) groups is 1. The molecule has 0 bridgehead atoms. The third-order valence-electron chi connectivity index (χ3n) is 4.91. The highest BCUT2D eigenvalue weighted by atomic mass is 32.2. The number of hydrogen-bond donors (Lipinski definition) is 1. The third-order valence-corrected chi connectivity index (χ3v) is 5.89. The number of carbonyl (C=O) groups excluding carboxylic acids is 1. The predicted molar refractivity (Wildman–Crippen MR) is 106 cm³/mol. The van der Waals surface area contributed by atoms with Gasteiger partial charge in [-0.1, -0.05) is 38.5 Å². The smallest absolute Gasteiger partial charge is 0.235 e. The molecule has 1 N–H and O–H groups in total. The number of nitrogens with zero attached hydrogens (tertiary/aromatic N) is 4. The standard InChI is InChI=1S/C19H29N5OS/c1-13(2)11-23-15(4)14(3)21-19(23)26-12-18(25)22-17-9-10-20-24(17)16-7-5-6-8-16/h9-10,13,16H,5-8,11-12H2,1-4H3,(H,22,25). The molecule has 0 aliphatic heterocycles. The average molecular weight is 376 g/mol. The quantitative estimate of drug-likeness (QED) is 0.737. The minimum absolute atomic E-state index is 0.0100. The van der Waals surface area contributed by atoms with Crippen LogP contribution < -0.4 is 5.32 Å². The maximum absolute atomic E-state index is 12.5. The van der Waals surface area contributed by atoms with Crippen molar-refractivity contribution in [2.75, 3.05) is 11.1 Å². The molecule has 2 heterocycles. The molecule has 2 aromatic heterocycles. The number of nitrogens with one attached hydrogen (secondary N) is 1. The van der Waals surface area contributed by atoms with Crippen LogP contribution in [0.1, 0.15) is 57.0 Å². The van der Waals surface area contributed by atoms with E-state index in [-0.39, 0.29) is 5.91 Å². The number of anilines is 1. The second-order valence-corrected chi connectivity index (χ2v) is 8.45. The Kier molecular flexibility index (Phi) is 6.06. The van der Waals surface area contributed by atoms with Crippen molar-refractivity contribution in [1.82, 2.24) is 19.3 Å². The lowest BCUT2D eigenvalue weighted by Crippen LogP contribution is -2.19. The van der Waals surface area contributed by atoms with Crippen LogP contribution in [0.2, 0.25) is 0 Å². The Morgan fingerprint density at radius 2 is 2.08 bits per heavy atom. The molecule has 26 heavy (non-hydrogen) atoms. The van der Waals surface area contributed by atoms with Gasteiger partial charge >= 0.3 is 0 Å². The highest BCUT2D eigenvalue weighted by molar-refractivity contribution is 7.99. The lowest BCUT2D eigenvalue weighted by Gasteiger charge is -2.15. The van der Waals surface area contributed by atoms with Crippen molar-refractivity contribution < 1.29 is 4.79 Å². The molecule has 1 saturated carbocycles. The molecule has 1 aliphatic rings. The largest absolute Gasteiger partial charge is 0.323 e. The van der Waals surface area contributed by atoms with Crippen molar-refractivity contribution in [2.24, 2.45) is 5.92 Å². The topological polar surface area (TPSA) is 64.7 Å². The van der Waals surface area contributed by atoms with E-state index < -0.39 is 0 Å². The van der Waals surface area contributed by atoms with Crippen molar-refractivity contribution in [3.05, 3.63) is 23.7 Å². The van der Waals surface area contributed by atoms with E-state index >= 15 is 0 Å². The van der Waals surface area contributed by atoms with Crippen LogP contribution in [0.4, 0.5) is 5.82 Å². The van der Waals surface area contributed by atoms with Crippen LogP contribution in [-0.4, -0.2) is 31.0 Å². The molecule has 6 nitrogen and oxygen atoms in total. The first-order chi connectivity index (χ1) is 12.5. The van der Waals surface area contributed by atoms with Gasteiger partial charge in [-0.05, 0) is 32.6 Å². The van der Waals surface area contributed by atoms with Crippen LogP contribution in [0.5, 0.6) is 0 Å². The minimum atomic E-state index is -0.0100. The van der Waals surface area contributed by atoms with Crippen LogP contribution in [0.25, 0.3) is 0 Å². The lowest BCUT2D eigenvalue weighted by atomic mass is 10.2. The Morgan fingerprint density at radius 3 is 2.77 bits per heavy atom. The number of thioether (sulfide) groups is 1. The molecule has 2 aromatic rings. The van der Waals surface area contributed by atoms with Crippen molar-refractivity contribution in [2.45, 2.75) is 71.1 Å². The van der Waals surface area contributed by atoms with Crippen LogP contribution in [0.15, 0.2) is 17.4 Å². The van der Waals surface area contributed by atoms with Gasteiger partial charge in [-0.15, -0.1) is 0 Å². The average Bonchev–Trinajstić information content (AvgIpc) is 3.30. The summed E-state index contributed by atoms with van der Waals surface area (Å²) in [5.74, 6) is 1.69. The van der Waals surface area contributed by atoms with Gasteiger partial charge < -0.3 is 9.88 Å². The van der Waals surface area contributed by atoms with Crippen molar-refractivity contribution in [1.29, 1.82) is 0 Å². The van der Waals surface area contributed by atoms with E-state index in [9.17, 15) is 4.79 Å². The zero-order valence-electron chi connectivity index (χ0n) is 16.2. The summed E-state index contributed by atoms with van der Waals surface area (Å²) in [6.45, 7) is 9.43. The molecule has 0 radical (unpaired) electrons. The highest BCUT2D eigenvalue weighted by Gasteiger charge is 2.21. The number of aromatic nitrogens is 4. The van der Waals surface area contributed by atoms with Gasteiger partial charge in [0.1, 0.15) is 5.82 Å². The number of imidazole rings is 1. The van der Waals surface area contributed by atoms with E-state index in [2.05, 4.69) is 40.7 Å². The van der Waals surface area contributed by atoms with Gasteiger partial charge in [-0.3, -0.25) is 4.79 Å². The SMILES string of the molecule is Cc1nc(SCC(=O)Nc2ccnn2C2CCCC2)n(CC(C)C)c1C. The zero-order chi connectivity index (χ0) is 18.7. The van der Waals surface area contributed by atoms with E-state index in [1.54, 1.807) is 6.20 Å². The summed E-state index contributed by atoms with van der Waals surface area (Å²) >= 11 is 1.50. The Morgan fingerprint density at radius 1 is 1.35 bits per heavy atom. The summed E-state index contributed by atoms with van der Waals surface area (Å²) < 4.78 is 4.20. The number of hydrogen-bond acceptors (Lipinski definition) is 4. The number of aryl methyl sites for hydroxylation is 1. The zero-order valence-corrected chi connectivity index (χ0v) is 17.0. The summed E-state index contributed by atoms with van der Waals surface area (Å²) in [5, 5.41) is 8.36. The monoisotopic (exact) mass is 375 g/mol. The Bertz CT molecular complexity index is 758. The van der Waals surface area contributed by atoms with E-state index in [0.717, 1.165) is 36.1 Å².